The van der Waals surface area contributed by atoms with Crippen LogP contribution >= 0.6 is 0 Å². The van der Waals surface area contributed by atoms with Crippen molar-refractivity contribution in [3.05, 3.63) is 41.6 Å². The van der Waals surface area contributed by atoms with Crippen molar-refractivity contribution in [3.63, 3.8) is 0 Å². The van der Waals surface area contributed by atoms with Crippen LogP contribution in [0.3, 0.4) is 0 Å². The Balaban J connectivity index is 2.45. The third-order valence-corrected chi connectivity index (χ3v) is 2.51. The maximum absolute atomic E-state index is 10.2. The van der Waals surface area contributed by atoms with E-state index in [1.807, 2.05) is 20.0 Å². The largest absolute Gasteiger partial charge is 0.383 e. The lowest BCUT2D eigenvalue weighted by Crippen LogP contribution is -2.09. The maximum atomic E-state index is 10.2. The molecule has 2 heterocycles. The molecular weight excluding hydrogens is 204 g/mol. The van der Waals surface area contributed by atoms with Gasteiger partial charge in [0.15, 0.2) is 0 Å². The quantitative estimate of drug-likeness (QED) is 0.781. The summed E-state index contributed by atoms with van der Waals surface area (Å²) in [7, 11) is 1.82. The number of anilines is 1. The van der Waals surface area contributed by atoms with Crippen molar-refractivity contribution in [2.24, 2.45) is 7.05 Å². The van der Waals surface area contributed by atoms with Gasteiger partial charge in [-0.15, -0.1) is 0 Å². The first-order chi connectivity index (χ1) is 7.59. The topological polar surface area (TPSA) is 77.0 Å². The highest BCUT2D eigenvalue weighted by atomic mass is 16.3. The summed E-state index contributed by atoms with van der Waals surface area (Å²) in [6, 6.07) is 1.83. The van der Waals surface area contributed by atoms with Crippen LogP contribution in [-0.4, -0.2) is 19.6 Å². The Morgan fingerprint density at radius 1 is 1.44 bits per heavy atom. The lowest BCUT2D eigenvalue weighted by Gasteiger charge is -2.13. The van der Waals surface area contributed by atoms with E-state index in [9.17, 15) is 5.11 Å². The molecule has 0 saturated heterocycles. The number of aryl methyl sites for hydroxylation is 2. The van der Waals surface area contributed by atoms with Crippen molar-refractivity contribution >= 4 is 5.82 Å². The summed E-state index contributed by atoms with van der Waals surface area (Å²) in [5.41, 5.74) is 8.02. The van der Waals surface area contributed by atoms with Gasteiger partial charge >= 0.3 is 0 Å². The van der Waals surface area contributed by atoms with Crippen LogP contribution in [-0.2, 0) is 7.05 Å². The molecule has 2 aromatic rings. The van der Waals surface area contributed by atoms with Gasteiger partial charge in [-0.2, -0.15) is 0 Å². The lowest BCUT2D eigenvalue weighted by molar-refractivity contribution is 0.212. The Morgan fingerprint density at radius 3 is 2.81 bits per heavy atom. The molecule has 0 aromatic carbocycles. The monoisotopic (exact) mass is 218 g/mol. The highest BCUT2D eigenvalue weighted by molar-refractivity contribution is 5.44. The Morgan fingerprint density at radius 2 is 2.19 bits per heavy atom. The molecule has 0 radical (unpaired) electrons. The maximum Gasteiger partial charge on any atom is 0.129 e. The molecule has 2 aromatic heterocycles. The van der Waals surface area contributed by atoms with Gasteiger partial charge in [-0.3, -0.25) is 0 Å². The van der Waals surface area contributed by atoms with Crippen LogP contribution < -0.4 is 5.73 Å². The SMILES string of the molecule is Cc1cnc(N)c(C(O)c2cncn2C)c1. The summed E-state index contributed by atoms with van der Waals surface area (Å²) in [6.45, 7) is 1.91. The molecule has 0 amide bonds. The minimum Gasteiger partial charge on any atom is -0.383 e. The molecule has 1 atom stereocenters. The predicted molar refractivity (Wildman–Crippen MR) is 60.7 cm³/mol. The highest BCUT2D eigenvalue weighted by Crippen LogP contribution is 2.25. The molecule has 0 aliphatic carbocycles. The van der Waals surface area contributed by atoms with Crippen LogP contribution in [0.5, 0.6) is 0 Å². The van der Waals surface area contributed by atoms with Crippen molar-refractivity contribution in [1.29, 1.82) is 0 Å². The van der Waals surface area contributed by atoms with E-state index >= 15 is 0 Å². The van der Waals surface area contributed by atoms with Crippen LogP contribution in [0.4, 0.5) is 5.82 Å². The summed E-state index contributed by atoms with van der Waals surface area (Å²) in [5.74, 6) is 0.347. The first-order valence-corrected chi connectivity index (χ1v) is 4.96. The molecule has 84 valence electrons. The van der Waals surface area contributed by atoms with Gasteiger partial charge in [0.05, 0.1) is 18.2 Å². The number of hydrogen-bond donors (Lipinski definition) is 2. The molecule has 16 heavy (non-hydrogen) atoms. The van der Waals surface area contributed by atoms with Crippen LogP contribution in [0.2, 0.25) is 0 Å². The predicted octanol–water partition coefficient (Wildman–Crippen LogP) is 0.787. The van der Waals surface area contributed by atoms with E-state index in [1.165, 1.54) is 0 Å². The van der Waals surface area contributed by atoms with Crippen LogP contribution in [0.15, 0.2) is 24.8 Å². The van der Waals surface area contributed by atoms with Crippen LogP contribution in [0.25, 0.3) is 0 Å². The van der Waals surface area contributed by atoms with E-state index in [0.717, 1.165) is 5.56 Å². The molecule has 0 spiro atoms. The fraction of sp³-hybridized carbons (Fsp3) is 0.273. The van der Waals surface area contributed by atoms with Gasteiger partial charge in [-0.05, 0) is 18.6 Å². The minimum atomic E-state index is -0.792. The Bertz CT molecular complexity index is 506. The van der Waals surface area contributed by atoms with E-state index in [-0.39, 0.29) is 0 Å². The molecule has 0 aliphatic heterocycles. The van der Waals surface area contributed by atoms with Crippen molar-refractivity contribution < 1.29 is 5.11 Å². The minimum absolute atomic E-state index is 0.347. The van der Waals surface area contributed by atoms with E-state index in [0.29, 0.717) is 17.1 Å². The fourth-order valence-electron chi connectivity index (χ4n) is 1.61. The second-order valence-corrected chi connectivity index (χ2v) is 3.82. The van der Waals surface area contributed by atoms with Crippen molar-refractivity contribution in [2.75, 3.05) is 5.73 Å². The second kappa shape index (κ2) is 3.94. The number of hydrogen-bond acceptors (Lipinski definition) is 4. The zero-order valence-corrected chi connectivity index (χ0v) is 9.25. The van der Waals surface area contributed by atoms with Gasteiger partial charge in [-0.25, -0.2) is 9.97 Å². The zero-order chi connectivity index (χ0) is 11.7. The smallest absolute Gasteiger partial charge is 0.129 e. The van der Waals surface area contributed by atoms with Gasteiger partial charge < -0.3 is 15.4 Å². The first kappa shape index (κ1) is 10.6. The third kappa shape index (κ3) is 1.77. The third-order valence-electron chi connectivity index (χ3n) is 2.51. The molecule has 0 aliphatic rings. The van der Waals surface area contributed by atoms with Gasteiger partial charge in [0.1, 0.15) is 11.9 Å². The molecule has 5 heteroatoms. The summed E-state index contributed by atoms with van der Waals surface area (Å²) in [5, 5.41) is 10.2. The van der Waals surface area contributed by atoms with E-state index in [1.54, 1.807) is 23.3 Å². The molecule has 0 saturated carbocycles. The van der Waals surface area contributed by atoms with E-state index < -0.39 is 6.10 Å². The number of imidazole rings is 1. The standard InChI is InChI=1S/C11H14N4O/c1-7-3-8(11(12)14-4-7)10(16)9-5-13-6-15(9)2/h3-6,10,16H,1-2H3,(H2,12,14). The summed E-state index contributed by atoms with van der Waals surface area (Å²) >= 11 is 0. The fourth-order valence-corrected chi connectivity index (χ4v) is 1.61. The summed E-state index contributed by atoms with van der Waals surface area (Å²) in [6.07, 6.45) is 4.14. The van der Waals surface area contributed by atoms with Gasteiger partial charge in [-0.1, -0.05) is 0 Å². The first-order valence-electron chi connectivity index (χ1n) is 4.96. The zero-order valence-electron chi connectivity index (χ0n) is 9.25. The number of nitrogen functional groups attached to an aromatic ring is 1. The van der Waals surface area contributed by atoms with Crippen LogP contribution in [0.1, 0.15) is 22.9 Å². The molecular formula is C11H14N4O. The normalized spacial score (nSPS) is 12.7. The average molecular weight is 218 g/mol. The number of aliphatic hydroxyl groups excluding tert-OH is 1. The Labute approximate surface area is 93.6 Å². The summed E-state index contributed by atoms with van der Waals surface area (Å²) < 4.78 is 1.76. The molecule has 0 bridgehead atoms. The molecule has 5 nitrogen and oxygen atoms in total. The average Bonchev–Trinajstić information content (AvgIpc) is 2.67. The van der Waals surface area contributed by atoms with Crippen molar-refractivity contribution in [2.45, 2.75) is 13.0 Å². The number of aromatic nitrogens is 3. The van der Waals surface area contributed by atoms with Crippen molar-refractivity contribution in [3.8, 4) is 0 Å². The highest BCUT2D eigenvalue weighted by Gasteiger charge is 2.17. The van der Waals surface area contributed by atoms with Gasteiger partial charge in [0, 0.05) is 18.8 Å². The molecule has 2 rings (SSSR count). The molecule has 0 fully saturated rings. The lowest BCUT2D eigenvalue weighted by atomic mass is 10.1. The summed E-state index contributed by atoms with van der Waals surface area (Å²) in [4.78, 5) is 7.99. The van der Waals surface area contributed by atoms with E-state index in [2.05, 4.69) is 9.97 Å². The second-order valence-electron chi connectivity index (χ2n) is 3.82. The van der Waals surface area contributed by atoms with E-state index in [4.69, 9.17) is 5.73 Å². The number of nitrogens with zero attached hydrogens (tertiary/aromatic N) is 3. The Hall–Kier alpha value is -1.88. The van der Waals surface area contributed by atoms with Crippen molar-refractivity contribution in [1.82, 2.24) is 14.5 Å². The number of rotatable bonds is 2. The van der Waals surface area contributed by atoms with Gasteiger partial charge in [0.2, 0.25) is 0 Å². The van der Waals surface area contributed by atoms with Crippen LogP contribution in [0, 0.1) is 6.92 Å². The number of nitrogens with two attached hydrogens (primary N) is 1. The Kier molecular flexibility index (Phi) is 2.62. The van der Waals surface area contributed by atoms with Gasteiger partial charge in [0.25, 0.3) is 0 Å². The molecule has 1 unspecified atom stereocenters. The number of aliphatic hydroxyl groups is 1. The molecule has 3 N–H and O–H groups in total. The number of pyridine rings is 1.